The summed E-state index contributed by atoms with van der Waals surface area (Å²) in [6.07, 6.45) is 3.31. The van der Waals surface area contributed by atoms with Crippen LogP contribution in [0.4, 0.5) is 24.9 Å². The molecule has 0 aliphatic carbocycles. The Morgan fingerprint density at radius 3 is 2.42 bits per heavy atom. The third-order valence-corrected chi connectivity index (χ3v) is 7.10. The molecule has 0 bridgehead atoms. The smallest absolute Gasteiger partial charge is 0.475 e. The normalized spacial score (nSPS) is 17.7. The van der Waals surface area contributed by atoms with E-state index in [1.807, 2.05) is 23.0 Å². The van der Waals surface area contributed by atoms with Gasteiger partial charge in [-0.05, 0) is 18.6 Å². The Bertz CT molecular complexity index is 1270. The molecule has 2 fully saturated rings. The Balaban J connectivity index is 0.000000541. The number of nitrogens with zero attached hydrogens (tertiary/aromatic N) is 8. The largest absolute Gasteiger partial charge is 0.490 e. The monoisotopic (exact) mass is 610 g/mol. The molecule has 43 heavy (non-hydrogen) atoms. The summed E-state index contributed by atoms with van der Waals surface area (Å²) in [5, 5.41) is 11.9. The maximum absolute atomic E-state index is 10.6. The number of fused-ring (bicyclic) bond motifs is 1. The van der Waals surface area contributed by atoms with E-state index in [4.69, 9.17) is 34.2 Å². The highest BCUT2D eigenvalue weighted by atomic mass is 19.4. The summed E-state index contributed by atoms with van der Waals surface area (Å²) in [4.78, 5) is 29.8. The van der Waals surface area contributed by atoms with Crippen LogP contribution in [0.1, 0.15) is 18.0 Å². The fourth-order valence-electron chi connectivity index (χ4n) is 4.82. The molecular formula is C27H37F3N8O5. The average molecular weight is 611 g/mol. The molecule has 0 radical (unpaired) electrons. The highest BCUT2D eigenvalue weighted by Crippen LogP contribution is 2.30. The van der Waals surface area contributed by atoms with E-state index in [0.29, 0.717) is 32.3 Å². The van der Waals surface area contributed by atoms with Crippen molar-refractivity contribution in [2.45, 2.75) is 18.5 Å². The predicted octanol–water partition coefficient (Wildman–Crippen LogP) is 1.95. The first-order valence-corrected chi connectivity index (χ1v) is 14.0. The molecular weight excluding hydrogens is 573 g/mol. The van der Waals surface area contributed by atoms with Gasteiger partial charge in [-0.1, -0.05) is 0 Å². The van der Waals surface area contributed by atoms with Crippen molar-refractivity contribution in [3.8, 4) is 0 Å². The zero-order valence-corrected chi connectivity index (χ0v) is 24.0. The van der Waals surface area contributed by atoms with E-state index in [-0.39, 0.29) is 0 Å². The fourth-order valence-corrected chi connectivity index (χ4v) is 4.82. The first-order chi connectivity index (χ1) is 20.8. The first kappa shape index (κ1) is 32.3. The maximum atomic E-state index is 10.6. The molecule has 236 valence electrons. The summed E-state index contributed by atoms with van der Waals surface area (Å²) in [7, 11) is 1.68. The number of carboxylic acid groups (broad SMARTS) is 1. The molecule has 3 aromatic rings. The van der Waals surface area contributed by atoms with Crippen LogP contribution in [0.15, 0.2) is 36.9 Å². The van der Waals surface area contributed by atoms with Crippen LogP contribution in [-0.4, -0.2) is 133 Å². The molecule has 5 heterocycles. The molecule has 13 nitrogen and oxygen atoms in total. The molecule has 2 saturated heterocycles. The number of alkyl halides is 3. The fraction of sp³-hybridized carbons (Fsp3) is 0.593. The van der Waals surface area contributed by atoms with Gasteiger partial charge in [0.2, 0.25) is 5.95 Å². The van der Waals surface area contributed by atoms with E-state index >= 15 is 0 Å². The quantitative estimate of drug-likeness (QED) is 0.301. The van der Waals surface area contributed by atoms with Gasteiger partial charge in [-0.15, -0.1) is 5.10 Å². The Labute approximate surface area is 247 Å². The molecule has 1 unspecified atom stereocenters. The lowest BCUT2D eigenvalue weighted by atomic mass is 10.1. The second-order valence-corrected chi connectivity index (χ2v) is 9.98. The first-order valence-electron chi connectivity index (χ1n) is 14.0. The van der Waals surface area contributed by atoms with Gasteiger partial charge < -0.3 is 29.1 Å². The minimum absolute atomic E-state index is 0.355. The van der Waals surface area contributed by atoms with Gasteiger partial charge in [-0.25, -0.2) is 9.31 Å². The lowest BCUT2D eigenvalue weighted by Crippen LogP contribution is -2.48. The minimum Gasteiger partial charge on any atom is -0.475 e. The molecule has 0 saturated carbocycles. The molecule has 16 heteroatoms. The molecule has 2 aliphatic heterocycles. The van der Waals surface area contributed by atoms with E-state index in [2.05, 4.69) is 30.7 Å². The van der Waals surface area contributed by atoms with Crippen LogP contribution in [-0.2, 0) is 19.0 Å². The second kappa shape index (κ2) is 15.7. The number of carboxylic acids is 1. The summed E-state index contributed by atoms with van der Waals surface area (Å²) in [5.41, 5.74) is 2.09. The van der Waals surface area contributed by atoms with Crippen molar-refractivity contribution in [1.29, 1.82) is 0 Å². The molecule has 1 atom stereocenters. The highest BCUT2D eigenvalue weighted by Gasteiger charge is 2.38. The number of aromatic nitrogens is 5. The Hall–Kier alpha value is -3.60. The van der Waals surface area contributed by atoms with Crippen molar-refractivity contribution < 1.29 is 37.3 Å². The van der Waals surface area contributed by atoms with Gasteiger partial charge in [0.05, 0.1) is 38.7 Å². The van der Waals surface area contributed by atoms with Gasteiger partial charge in [-0.3, -0.25) is 14.9 Å². The molecule has 2 aliphatic rings. The van der Waals surface area contributed by atoms with Crippen molar-refractivity contribution >= 4 is 23.3 Å². The number of ether oxygens (including phenoxy) is 3. The zero-order chi connectivity index (χ0) is 30.7. The van der Waals surface area contributed by atoms with E-state index in [0.717, 1.165) is 81.8 Å². The molecule has 0 spiro atoms. The van der Waals surface area contributed by atoms with E-state index in [9.17, 15) is 13.2 Å². The highest BCUT2D eigenvalue weighted by molar-refractivity contribution is 5.73. The van der Waals surface area contributed by atoms with Gasteiger partial charge in [0.15, 0.2) is 5.82 Å². The van der Waals surface area contributed by atoms with Crippen LogP contribution in [0.5, 0.6) is 0 Å². The topological polar surface area (TPSA) is 131 Å². The second-order valence-electron chi connectivity index (χ2n) is 9.98. The van der Waals surface area contributed by atoms with E-state index in [1.165, 1.54) is 0 Å². The lowest BCUT2D eigenvalue weighted by Gasteiger charge is -2.35. The van der Waals surface area contributed by atoms with Gasteiger partial charge in [0.25, 0.3) is 0 Å². The Morgan fingerprint density at radius 1 is 1.02 bits per heavy atom. The number of rotatable bonds is 12. The number of carbonyl (C=O) groups is 1. The van der Waals surface area contributed by atoms with Crippen molar-refractivity contribution in [3.63, 3.8) is 0 Å². The van der Waals surface area contributed by atoms with Crippen LogP contribution >= 0.6 is 0 Å². The lowest BCUT2D eigenvalue weighted by molar-refractivity contribution is -0.192. The van der Waals surface area contributed by atoms with Crippen LogP contribution in [0, 0.1) is 0 Å². The molecule has 1 N–H and O–H groups in total. The number of methoxy groups -OCH3 is 1. The Kier molecular flexibility index (Phi) is 11.8. The number of aliphatic carboxylic acids is 1. The van der Waals surface area contributed by atoms with E-state index in [1.54, 1.807) is 19.5 Å². The Morgan fingerprint density at radius 2 is 1.74 bits per heavy atom. The summed E-state index contributed by atoms with van der Waals surface area (Å²) in [6.45, 7) is 9.71. The predicted molar refractivity (Wildman–Crippen MR) is 150 cm³/mol. The summed E-state index contributed by atoms with van der Waals surface area (Å²) in [6, 6.07) is 4.14. The molecule has 0 aromatic carbocycles. The third-order valence-electron chi connectivity index (χ3n) is 7.10. The van der Waals surface area contributed by atoms with Crippen molar-refractivity contribution in [1.82, 2.24) is 29.5 Å². The van der Waals surface area contributed by atoms with Gasteiger partial charge >= 0.3 is 12.1 Å². The van der Waals surface area contributed by atoms with Crippen LogP contribution < -0.4 is 9.80 Å². The van der Waals surface area contributed by atoms with Crippen LogP contribution in [0.2, 0.25) is 0 Å². The molecule has 5 rings (SSSR count). The van der Waals surface area contributed by atoms with Crippen molar-refractivity contribution in [2.75, 3.05) is 95.8 Å². The van der Waals surface area contributed by atoms with Gasteiger partial charge in [0.1, 0.15) is 5.52 Å². The number of hydrogen-bond acceptors (Lipinski definition) is 11. The molecule has 0 amide bonds. The maximum Gasteiger partial charge on any atom is 0.490 e. The van der Waals surface area contributed by atoms with E-state index < -0.39 is 12.1 Å². The summed E-state index contributed by atoms with van der Waals surface area (Å²) in [5.74, 6) is -0.609. The van der Waals surface area contributed by atoms with Crippen LogP contribution in [0.25, 0.3) is 5.52 Å². The van der Waals surface area contributed by atoms with Crippen molar-refractivity contribution in [3.05, 3.63) is 42.6 Å². The average Bonchev–Trinajstić information content (AvgIpc) is 3.69. The number of hydrogen-bond donors (Lipinski definition) is 1. The summed E-state index contributed by atoms with van der Waals surface area (Å²) < 4.78 is 49.8. The van der Waals surface area contributed by atoms with Crippen molar-refractivity contribution in [2.24, 2.45) is 0 Å². The SMILES string of the molecule is COCCOCCOCCN1CCN(c2nc(N3CCC(c4cnccn4)C3)nn3cccc23)CC1.O=C(O)C(F)(F)F. The number of halogens is 3. The standard InChI is InChI=1S/C25H36N8O3.C2HF3O2/c1-34-15-16-36-18-17-35-14-13-30-9-11-31(12-10-30)24-23-3-2-7-33(23)29-25(28-24)32-8-4-21(20-32)22-19-26-5-6-27-22;3-2(4,5)1(6)7/h2-3,5-7,19,21H,4,8-18,20H2,1H3;(H,6,7). The summed E-state index contributed by atoms with van der Waals surface area (Å²) >= 11 is 0. The third kappa shape index (κ3) is 9.44. The van der Waals surface area contributed by atoms with Gasteiger partial charge in [-0.2, -0.15) is 18.2 Å². The number of anilines is 2. The van der Waals surface area contributed by atoms with Gasteiger partial charge in [0, 0.05) is 83.6 Å². The number of piperazine rings is 1. The van der Waals surface area contributed by atoms with Crippen LogP contribution in [0.3, 0.4) is 0 Å². The minimum atomic E-state index is -5.08. The zero-order valence-electron chi connectivity index (χ0n) is 24.0. The molecule has 3 aromatic heterocycles.